The Morgan fingerprint density at radius 3 is 2.58 bits per heavy atom. The van der Waals surface area contributed by atoms with Crippen molar-refractivity contribution >= 4 is 21.7 Å². The van der Waals surface area contributed by atoms with Crippen molar-refractivity contribution in [1.29, 1.82) is 0 Å². The Morgan fingerprint density at radius 1 is 1.32 bits per heavy atom. The first-order chi connectivity index (χ1) is 9.22. The highest BCUT2D eigenvalue weighted by Crippen LogP contribution is 2.56. The van der Waals surface area contributed by atoms with Crippen molar-refractivity contribution in [3.05, 3.63) is 28.2 Å². The van der Waals surface area contributed by atoms with Crippen molar-refractivity contribution in [3.63, 3.8) is 0 Å². The first-order valence-electron chi connectivity index (χ1n) is 7.19. The van der Waals surface area contributed by atoms with E-state index in [1.54, 1.807) is 0 Å². The largest absolute Gasteiger partial charge is 0.494 e. The van der Waals surface area contributed by atoms with E-state index in [2.05, 4.69) is 15.9 Å². The summed E-state index contributed by atoms with van der Waals surface area (Å²) >= 11 is 3.51. The molecule has 2 atom stereocenters. The van der Waals surface area contributed by atoms with Gasteiger partial charge in [0.1, 0.15) is 5.75 Å². The van der Waals surface area contributed by atoms with Crippen LogP contribution in [0.25, 0.3) is 0 Å². The number of Topliss-reactive ketones (excluding diaryl/α,β-unsaturated/α-hetero) is 1. The maximum absolute atomic E-state index is 12.6. The number of halogens is 1. The Kier molecular flexibility index (Phi) is 3.66. The number of ether oxygens (including phenoxy) is 1. The molecule has 2 nitrogen and oxygen atoms in total. The summed E-state index contributed by atoms with van der Waals surface area (Å²) < 4.78 is 6.32. The van der Waals surface area contributed by atoms with Gasteiger partial charge in [-0.2, -0.15) is 0 Å². The minimum atomic E-state index is 0.289. The lowest BCUT2D eigenvalue weighted by Crippen LogP contribution is -2.05. The minimum absolute atomic E-state index is 0.289. The van der Waals surface area contributed by atoms with Gasteiger partial charge >= 0.3 is 0 Å². The molecule has 2 fully saturated rings. The molecular weight excluding hydrogens is 304 g/mol. The predicted molar refractivity (Wildman–Crippen MR) is 78.6 cm³/mol. The highest BCUT2D eigenvalue weighted by atomic mass is 79.9. The average Bonchev–Trinajstić information content (AvgIpc) is 3.13. The van der Waals surface area contributed by atoms with E-state index in [1.165, 1.54) is 25.7 Å². The Hall–Kier alpha value is -0.830. The van der Waals surface area contributed by atoms with E-state index in [1.807, 2.05) is 25.1 Å². The molecule has 0 amide bonds. The number of carbonyl (C=O) groups excluding carboxylic acids is 1. The molecule has 3 rings (SSSR count). The fourth-order valence-corrected chi connectivity index (χ4v) is 4.07. The van der Waals surface area contributed by atoms with Crippen molar-refractivity contribution in [1.82, 2.24) is 0 Å². The lowest BCUT2D eigenvalue weighted by Gasteiger charge is -2.07. The summed E-state index contributed by atoms with van der Waals surface area (Å²) in [6.45, 7) is 2.61. The zero-order valence-corrected chi connectivity index (χ0v) is 12.8. The molecule has 2 aliphatic carbocycles. The van der Waals surface area contributed by atoms with E-state index < -0.39 is 0 Å². The van der Waals surface area contributed by atoms with Crippen molar-refractivity contribution in [2.24, 2.45) is 17.8 Å². The third-order valence-corrected chi connectivity index (χ3v) is 5.13. The van der Waals surface area contributed by atoms with Gasteiger partial charge in [0.15, 0.2) is 5.78 Å². The maximum Gasteiger partial charge on any atom is 0.167 e. The summed E-state index contributed by atoms with van der Waals surface area (Å²) in [5.41, 5.74) is 0.822. The normalized spacial score (nSPS) is 28.6. The number of hydrogen-bond donors (Lipinski definition) is 0. The standard InChI is InChI=1S/C16H19BrO2/c1-2-19-10-7-8-13(14(17)9-10)16(18)15-11-5-3-4-6-12(11)15/h7-9,11-12,15H,2-6H2,1H3. The SMILES string of the molecule is CCOc1ccc(C(=O)C2C3CCCCC32)c(Br)c1. The van der Waals surface area contributed by atoms with Gasteiger partial charge in [-0.25, -0.2) is 0 Å². The number of hydrogen-bond acceptors (Lipinski definition) is 2. The highest BCUT2D eigenvalue weighted by molar-refractivity contribution is 9.10. The summed E-state index contributed by atoms with van der Waals surface area (Å²) in [5.74, 6) is 2.77. The van der Waals surface area contributed by atoms with E-state index in [0.717, 1.165) is 15.8 Å². The minimum Gasteiger partial charge on any atom is -0.494 e. The number of fused-ring (bicyclic) bond motifs is 1. The fraction of sp³-hybridized carbons (Fsp3) is 0.562. The zero-order valence-electron chi connectivity index (χ0n) is 11.2. The molecule has 1 aromatic rings. The Labute approximate surface area is 122 Å². The van der Waals surface area contributed by atoms with E-state index >= 15 is 0 Å². The first-order valence-corrected chi connectivity index (χ1v) is 7.98. The van der Waals surface area contributed by atoms with Crippen LogP contribution in [-0.2, 0) is 0 Å². The van der Waals surface area contributed by atoms with Crippen LogP contribution in [0, 0.1) is 17.8 Å². The molecule has 0 spiro atoms. The Balaban J connectivity index is 1.77. The van der Waals surface area contributed by atoms with Crippen LogP contribution in [0.4, 0.5) is 0 Å². The van der Waals surface area contributed by atoms with Crippen LogP contribution < -0.4 is 4.74 Å². The Bertz CT molecular complexity index is 486. The van der Waals surface area contributed by atoms with Gasteiger partial charge < -0.3 is 4.74 Å². The van der Waals surface area contributed by atoms with E-state index in [4.69, 9.17) is 4.74 Å². The molecular formula is C16H19BrO2. The molecule has 2 unspecified atom stereocenters. The lowest BCUT2D eigenvalue weighted by atomic mass is 10.0. The summed E-state index contributed by atoms with van der Waals surface area (Å²) in [4.78, 5) is 12.6. The first kappa shape index (κ1) is 13.2. The maximum atomic E-state index is 12.6. The Morgan fingerprint density at radius 2 is 2.00 bits per heavy atom. The average molecular weight is 323 g/mol. The number of carbonyl (C=O) groups is 1. The molecule has 0 heterocycles. The van der Waals surface area contributed by atoms with Crippen molar-refractivity contribution in [2.45, 2.75) is 32.6 Å². The van der Waals surface area contributed by atoms with Crippen LogP contribution in [0.3, 0.4) is 0 Å². The quantitative estimate of drug-likeness (QED) is 0.764. The molecule has 3 heteroatoms. The van der Waals surface area contributed by atoms with Crippen LogP contribution in [0.5, 0.6) is 5.75 Å². The van der Waals surface area contributed by atoms with Crippen molar-refractivity contribution in [2.75, 3.05) is 6.61 Å². The number of rotatable bonds is 4. The van der Waals surface area contributed by atoms with Crippen LogP contribution in [0.15, 0.2) is 22.7 Å². The van der Waals surface area contributed by atoms with Crippen molar-refractivity contribution in [3.8, 4) is 5.75 Å². The zero-order chi connectivity index (χ0) is 13.4. The van der Waals surface area contributed by atoms with Gasteiger partial charge in [0.25, 0.3) is 0 Å². The second kappa shape index (κ2) is 5.28. The van der Waals surface area contributed by atoms with Crippen LogP contribution in [-0.4, -0.2) is 12.4 Å². The molecule has 0 bridgehead atoms. The topological polar surface area (TPSA) is 26.3 Å². The summed E-state index contributed by atoms with van der Waals surface area (Å²) in [6.07, 6.45) is 5.09. The molecule has 19 heavy (non-hydrogen) atoms. The summed E-state index contributed by atoms with van der Waals surface area (Å²) in [6, 6.07) is 5.71. The van der Waals surface area contributed by atoms with Gasteiger partial charge in [-0.3, -0.25) is 4.79 Å². The molecule has 2 aliphatic rings. The monoisotopic (exact) mass is 322 g/mol. The van der Waals surface area contributed by atoms with Gasteiger partial charge in [0, 0.05) is 16.0 Å². The molecule has 102 valence electrons. The van der Waals surface area contributed by atoms with Crippen molar-refractivity contribution < 1.29 is 9.53 Å². The van der Waals surface area contributed by atoms with E-state index in [9.17, 15) is 4.79 Å². The van der Waals surface area contributed by atoms with Gasteiger partial charge in [-0.1, -0.05) is 12.8 Å². The second-order valence-electron chi connectivity index (χ2n) is 5.58. The van der Waals surface area contributed by atoms with Crippen LogP contribution >= 0.6 is 15.9 Å². The van der Waals surface area contributed by atoms with Gasteiger partial charge in [0.2, 0.25) is 0 Å². The van der Waals surface area contributed by atoms with E-state index in [0.29, 0.717) is 24.2 Å². The fourth-order valence-electron chi connectivity index (χ4n) is 3.51. The molecule has 0 saturated heterocycles. The number of ketones is 1. The van der Waals surface area contributed by atoms with Gasteiger partial charge in [0.05, 0.1) is 6.61 Å². The molecule has 0 aromatic heterocycles. The van der Waals surface area contributed by atoms with Crippen LogP contribution in [0.2, 0.25) is 0 Å². The number of benzene rings is 1. The van der Waals surface area contributed by atoms with Gasteiger partial charge in [-0.05, 0) is 65.7 Å². The predicted octanol–water partition coefficient (Wildman–Crippen LogP) is 4.47. The second-order valence-corrected chi connectivity index (χ2v) is 6.43. The molecule has 0 aliphatic heterocycles. The smallest absolute Gasteiger partial charge is 0.167 e. The lowest BCUT2D eigenvalue weighted by molar-refractivity contribution is 0.0955. The molecule has 1 aromatic carbocycles. The van der Waals surface area contributed by atoms with Crippen LogP contribution in [0.1, 0.15) is 43.0 Å². The molecule has 2 saturated carbocycles. The van der Waals surface area contributed by atoms with Gasteiger partial charge in [-0.15, -0.1) is 0 Å². The molecule has 0 N–H and O–H groups in total. The summed E-state index contributed by atoms with van der Waals surface area (Å²) in [7, 11) is 0. The third-order valence-electron chi connectivity index (χ3n) is 4.48. The third kappa shape index (κ3) is 2.45. The summed E-state index contributed by atoms with van der Waals surface area (Å²) in [5, 5.41) is 0. The van der Waals surface area contributed by atoms with E-state index in [-0.39, 0.29) is 5.92 Å². The highest BCUT2D eigenvalue weighted by Gasteiger charge is 2.54. The molecule has 0 radical (unpaired) electrons.